The standard InChI is InChI=1S/C11H10BrN3O/c12-9-1-3-10(4-2-9)15-11(13-7-14-15)8-5-16-6-8/h1-4,7-8H,5-6H2. The fraction of sp³-hybridized carbons (Fsp3) is 0.273. The van der Waals surface area contributed by atoms with Crippen LogP contribution >= 0.6 is 15.9 Å². The second-order valence-corrected chi connectivity index (χ2v) is 4.66. The summed E-state index contributed by atoms with van der Waals surface area (Å²) in [4.78, 5) is 4.30. The first kappa shape index (κ1) is 9.99. The highest BCUT2D eigenvalue weighted by Crippen LogP contribution is 2.24. The molecule has 2 aromatic rings. The molecule has 0 aliphatic carbocycles. The van der Waals surface area contributed by atoms with Gasteiger partial charge in [-0.05, 0) is 24.3 Å². The number of benzene rings is 1. The summed E-state index contributed by atoms with van der Waals surface area (Å²) < 4.78 is 8.11. The lowest BCUT2D eigenvalue weighted by molar-refractivity contribution is 0.00403. The van der Waals surface area contributed by atoms with Crippen molar-refractivity contribution in [3.63, 3.8) is 0 Å². The molecule has 1 fully saturated rings. The molecule has 0 spiro atoms. The molecule has 1 aliphatic heterocycles. The van der Waals surface area contributed by atoms with E-state index in [1.807, 2.05) is 28.9 Å². The second kappa shape index (κ2) is 3.99. The molecule has 4 nitrogen and oxygen atoms in total. The third-order valence-electron chi connectivity index (χ3n) is 2.65. The minimum Gasteiger partial charge on any atom is -0.380 e. The predicted octanol–water partition coefficient (Wildman–Crippen LogP) is 2.14. The first-order valence-electron chi connectivity index (χ1n) is 5.08. The fourth-order valence-electron chi connectivity index (χ4n) is 1.69. The van der Waals surface area contributed by atoms with Gasteiger partial charge in [0.05, 0.1) is 24.8 Å². The number of aromatic nitrogens is 3. The van der Waals surface area contributed by atoms with Crippen molar-refractivity contribution < 1.29 is 4.74 Å². The van der Waals surface area contributed by atoms with Crippen molar-refractivity contribution in [3.8, 4) is 5.69 Å². The Morgan fingerprint density at radius 3 is 2.62 bits per heavy atom. The molecule has 0 radical (unpaired) electrons. The summed E-state index contributed by atoms with van der Waals surface area (Å²) in [6, 6.07) is 8.03. The smallest absolute Gasteiger partial charge is 0.140 e. The number of hydrogen-bond acceptors (Lipinski definition) is 3. The Labute approximate surface area is 101 Å². The number of hydrogen-bond donors (Lipinski definition) is 0. The first-order valence-corrected chi connectivity index (χ1v) is 5.87. The van der Waals surface area contributed by atoms with E-state index in [2.05, 4.69) is 26.0 Å². The quantitative estimate of drug-likeness (QED) is 0.846. The van der Waals surface area contributed by atoms with Crippen molar-refractivity contribution in [1.82, 2.24) is 14.8 Å². The average Bonchev–Trinajstić information content (AvgIpc) is 2.65. The van der Waals surface area contributed by atoms with Crippen LogP contribution in [0.2, 0.25) is 0 Å². The van der Waals surface area contributed by atoms with Gasteiger partial charge < -0.3 is 4.74 Å². The molecule has 2 heterocycles. The van der Waals surface area contributed by atoms with E-state index in [0.717, 1.165) is 29.2 Å². The van der Waals surface area contributed by atoms with Gasteiger partial charge in [-0.3, -0.25) is 0 Å². The third kappa shape index (κ3) is 1.66. The Morgan fingerprint density at radius 1 is 1.25 bits per heavy atom. The van der Waals surface area contributed by atoms with E-state index in [4.69, 9.17) is 4.74 Å². The Bertz CT molecular complexity index is 490. The van der Waals surface area contributed by atoms with Crippen LogP contribution in [-0.2, 0) is 4.74 Å². The molecule has 0 unspecified atom stereocenters. The summed E-state index contributed by atoms with van der Waals surface area (Å²) in [5.41, 5.74) is 1.03. The molecule has 1 saturated heterocycles. The van der Waals surface area contributed by atoms with Crippen molar-refractivity contribution >= 4 is 15.9 Å². The maximum absolute atomic E-state index is 5.18. The number of ether oxygens (including phenoxy) is 1. The minimum absolute atomic E-state index is 0.381. The lowest BCUT2D eigenvalue weighted by Gasteiger charge is -2.25. The van der Waals surface area contributed by atoms with Gasteiger partial charge in [-0.1, -0.05) is 15.9 Å². The highest BCUT2D eigenvalue weighted by atomic mass is 79.9. The van der Waals surface area contributed by atoms with Crippen LogP contribution in [0.5, 0.6) is 0 Å². The van der Waals surface area contributed by atoms with E-state index in [1.165, 1.54) is 0 Å². The zero-order chi connectivity index (χ0) is 11.0. The topological polar surface area (TPSA) is 39.9 Å². The first-order chi connectivity index (χ1) is 7.84. The van der Waals surface area contributed by atoms with Gasteiger partial charge in [0, 0.05) is 4.47 Å². The molecule has 5 heteroatoms. The van der Waals surface area contributed by atoms with Crippen molar-refractivity contribution in [2.24, 2.45) is 0 Å². The van der Waals surface area contributed by atoms with Gasteiger partial charge in [-0.15, -0.1) is 0 Å². The van der Waals surface area contributed by atoms with Crippen LogP contribution < -0.4 is 0 Å². The zero-order valence-corrected chi connectivity index (χ0v) is 10.1. The lowest BCUT2D eigenvalue weighted by Crippen LogP contribution is -2.28. The Kier molecular flexibility index (Phi) is 2.49. The summed E-state index contributed by atoms with van der Waals surface area (Å²) >= 11 is 3.42. The number of halogens is 1. The van der Waals surface area contributed by atoms with E-state index in [-0.39, 0.29) is 0 Å². The van der Waals surface area contributed by atoms with Crippen LogP contribution in [0.1, 0.15) is 11.7 Å². The molecular weight excluding hydrogens is 270 g/mol. The molecule has 16 heavy (non-hydrogen) atoms. The SMILES string of the molecule is Brc1ccc(-n2ncnc2C2COC2)cc1. The van der Waals surface area contributed by atoms with E-state index in [9.17, 15) is 0 Å². The van der Waals surface area contributed by atoms with Crippen LogP contribution in [0.4, 0.5) is 0 Å². The van der Waals surface area contributed by atoms with Crippen LogP contribution in [0.15, 0.2) is 35.1 Å². The molecule has 0 atom stereocenters. The summed E-state index contributed by atoms with van der Waals surface area (Å²) in [5.74, 6) is 1.36. The van der Waals surface area contributed by atoms with E-state index < -0.39 is 0 Å². The fourth-order valence-corrected chi connectivity index (χ4v) is 1.96. The van der Waals surface area contributed by atoms with Gasteiger partial charge in [0.1, 0.15) is 12.2 Å². The molecule has 0 amide bonds. The molecule has 3 rings (SSSR count). The predicted molar refractivity (Wildman–Crippen MR) is 62.6 cm³/mol. The van der Waals surface area contributed by atoms with E-state index in [0.29, 0.717) is 5.92 Å². The minimum atomic E-state index is 0.381. The summed E-state index contributed by atoms with van der Waals surface area (Å²) in [7, 11) is 0. The lowest BCUT2D eigenvalue weighted by atomic mass is 10.1. The van der Waals surface area contributed by atoms with Crippen molar-refractivity contribution in [2.45, 2.75) is 5.92 Å². The van der Waals surface area contributed by atoms with E-state index >= 15 is 0 Å². The zero-order valence-electron chi connectivity index (χ0n) is 8.51. The highest BCUT2D eigenvalue weighted by molar-refractivity contribution is 9.10. The highest BCUT2D eigenvalue weighted by Gasteiger charge is 2.25. The summed E-state index contributed by atoms with van der Waals surface area (Å²) in [5, 5.41) is 4.25. The van der Waals surface area contributed by atoms with Gasteiger partial charge in [-0.2, -0.15) is 5.10 Å². The Morgan fingerprint density at radius 2 is 2.00 bits per heavy atom. The summed E-state index contributed by atoms with van der Waals surface area (Å²) in [6.07, 6.45) is 1.59. The largest absolute Gasteiger partial charge is 0.380 e. The molecular formula is C11H10BrN3O. The molecule has 0 saturated carbocycles. The Hall–Kier alpha value is -1.20. The van der Waals surface area contributed by atoms with Gasteiger partial charge in [0.15, 0.2) is 0 Å². The van der Waals surface area contributed by atoms with Crippen molar-refractivity contribution in [3.05, 3.63) is 40.9 Å². The molecule has 1 aromatic carbocycles. The van der Waals surface area contributed by atoms with E-state index in [1.54, 1.807) is 6.33 Å². The maximum Gasteiger partial charge on any atom is 0.140 e. The normalized spacial score (nSPS) is 16.1. The van der Waals surface area contributed by atoms with Crippen molar-refractivity contribution in [2.75, 3.05) is 13.2 Å². The second-order valence-electron chi connectivity index (χ2n) is 3.74. The van der Waals surface area contributed by atoms with Crippen LogP contribution in [0.3, 0.4) is 0 Å². The van der Waals surface area contributed by atoms with Crippen LogP contribution in [0.25, 0.3) is 5.69 Å². The van der Waals surface area contributed by atoms with Crippen LogP contribution in [-0.4, -0.2) is 28.0 Å². The number of rotatable bonds is 2. The van der Waals surface area contributed by atoms with Crippen LogP contribution in [0, 0.1) is 0 Å². The average molecular weight is 280 g/mol. The molecule has 1 aliphatic rings. The molecule has 0 bridgehead atoms. The van der Waals surface area contributed by atoms with Gasteiger partial charge >= 0.3 is 0 Å². The monoisotopic (exact) mass is 279 g/mol. The summed E-state index contributed by atoms with van der Waals surface area (Å²) in [6.45, 7) is 1.49. The molecule has 82 valence electrons. The maximum atomic E-state index is 5.18. The number of nitrogens with zero attached hydrogens (tertiary/aromatic N) is 3. The van der Waals surface area contributed by atoms with Gasteiger partial charge in [0.25, 0.3) is 0 Å². The van der Waals surface area contributed by atoms with Crippen molar-refractivity contribution in [1.29, 1.82) is 0 Å². The van der Waals surface area contributed by atoms with Gasteiger partial charge in [-0.25, -0.2) is 9.67 Å². The third-order valence-corrected chi connectivity index (χ3v) is 3.18. The van der Waals surface area contributed by atoms with Gasteiger partial charge in [0.2, 0.25) is 0 Å². The molecule has 0 N–H and O–H groups in total. The Balaban J connectivity index is 1.99. The molecule has 1 aromatic heterocycles.